The summed E-state index contributed by atoms with van der Waals surface area (Å²) in [7, 11) is 1.72. The van der Waals surface area contributed by atoms with Crippen molar-refractivity contribution < 1.29 is 4.79 Å². The van der Waals surface area contributed by atoms with Crippen molar-refractivity contribution in [3.8, 4) is 0 Å². The van der Waals surface area contributed by atoms with Gasteiger partial charge in [-0.2, -0.15) is 0 Å². The van der Waals surface area contributed by atoms with E-state index in [1.165, 1.54) is 0 Å². The SMILES string of the molecule is CN=C(NCCC(=O)Nc1ccc(Br)cc1)NCCn1cccc1. The fourth-order valence-electron chi connectivity index (χ4n) is 2.09. The average Bonchev–Trinajstić information content (AvgIpc) is 3.09. The number of aliphatic imine (C=N–C) groups is 1. The van der Waals surface area contributed by atoms with Crippen LogP contribution in [-0.4, -0.2) is 36.6 Å². The highest BCUT2D eigenvalue weighted by molar-refractivity contribution is 9.10. The number of anilines is 1. The molecule has 128 valence electrons. The van der Waals surface area contributed by atoms with Crippen molar-refractivity contribution in [2.75, 3.05) is 25.5 Å². The Kier molecular flexibility index (Phi) is 7.35. The fourth-order valence-corrected chi connectivity index (χ4v) is 2.36. The van der Waals surface area contributed by atoms with Gasteiger partial charge in [-0.05, 0) is 36.4 Å². The molecular weight excluding hydrogens is 370 g/mol. The molecule has 0 bridgehead atoms. The van der Waals surface area contributed by atoms with Crippen LogP contribution in [0, 0.1) is 0 Å². The van der Waals surface area contributed by atoms with Crippen LogP contribution in [0.25, 0.3) is 0 Å². The number of carbonyl (C=O) groups is 1. The van der Waals surface area contributed by atoms with E-state index in [2.05, 4.69) is 41.4 Å². The third-order valence-electron chi connectivity index (χ3n) is 3.32. The van der Waals surface area contributed by atoms with E-state index in [0.29, 0.717) is 18.9 Å². The maximum Gasteiger partial charge on any atom is 0.226 e. The number of aromatic nitrogens is 1. The van der Waals surface area contributed by atoms with E-state index in [1.807, 2.05) is 48.8 Å². The standard InChI is InChI=1S/C17H22BrN5O/c1-19-17(21-10-13-23-11-2-3-12-23)20-9-8-16(24)22-15-6-4-14(18)5-7-15/h2-7,11-12H,8-10,13H2,1H3,(H,22,24)(H2,19,20,21). The molecule has 24 heavy (non-hydrogen) atoms. The van der Waals surface area contributed by atoms with Crippen molar-refractivity contribution in [1.29, 1.82) is 0 Å². The average molecular weight is 392 g/mol. The molecule has 7 heteroatoms. The Morgan fingerprint density at radius 1 is 1.12 bits per heavy atom. The van der Waals surface area contributed by atoms with Crippen molar-refractivity contribution in [2.24, 2.45) is 4.99 Å². The lowest BCUT2D eigenvalue weighted by Gasteiger charge is -2.12. The molecule has 0 atom stereocenters. The van der Waals surface area contributed by atoms with Crippen LogP contribution in [0.1, 0.15) is 6.42 Å². The van der Waals surface area contributed by atoms with E-state index in [0.717, 1.165) is 23.2 Å². The third kappa shape index (κ3) is 6.45. The minimum atomic E-state index is -0.0346. The second-order valence-corrected chi connectivity index (χ2v) is 6.07. The predicted octanol–water partition coefficient (Wildman–Crippen LogP) is 2.44. The highest BCUT2D eigenvalue weighted by Crippen LogP contribution is 2.14. The predicted molar refractivity (Wildman–Crippen MR) is 101 cm³/mol. The molecule has 0 radical (unpaired) electrons. The summed E-state index contributed by atoms with van der Waals surface area (Å²) in [6.07, 6.45) is 4.41. The van der Waals surface area contributed by atoms with Crippen molar-refractivity contribution in [3.05, 3.63) is 53.3 Å². The molecule has 2 aromatic rings. The number of hydrogen-bond acceptors (Lipinski definition) is 2. The van der Waals surface area contributed by atoms with E-state index in [4.69, 9.17) is 0 Å². The summed E-state index contributed by atoms with van der Waals surface area (Å²) in [6.45, 7) is 2.14. The summed E-state index contributed by atoms with van der Waals surface area (Å²) in [5, 5.41) is 9.21. The first-order chi connectivity index (χ1) is 11.7. The number of nitrogens with zero attached hydrogens (tertiary/aromatic N) is 2. The number of hydrogen-bond donors (Lipinski definition) is 3. The van der Waals surface area contributed by atoms with Gasteiger partial charge in [-0.15, -0.1) is 0 Å². The van der Waals surface area contributed by atoms with Crippen LogP contribution in [0.3, 0.4) is 0 Å². The van der Waals surface area contributed by atoms with Gasteiger partial charge in [-0.3, -0.25) is 9.79 Å². The summed E-state index contributed by atoms with van der Waals surface area (Å²) in [5.41, 5.74) is 0.789. The van der Waals surface area contributed by atoms with E-state index >= 15 is 0 Å². The molecule has 0 unspecified atom stereocenters. The lowest BCUT2D eigenvalue weighted by molar-refractivity contribution is -0.116. The first-order valence-corrected chi connectivity index (χ1v) is 8.57. The maximum absolute atomic E-state index is 11.9. The number of halogens is 1. The van der Waals surface area contributed by atoms with Gasteiger partial charge in [0, 0.05) is 55.7 Å². The van der Waals surface area contributed by atoms with Crippen molar-refractivity contribution in [1.82, 2.24) is 15.2 Å². The molecule has 3 N–H and O–H groups in total. The Bertz CT molecular complexity index is 652. The van der Waals surface area contributed by atoms with Gasteiger partial charge in [0.1, 0.15) is 0 Å². The first kappa shape index (κ1) is 18.1. The molecule has 6 nitrogen and oxygen atoms in total. The van der Waals surface area contributed by atoms with Gasteiger partial charge in [0.15, 0.2) is 5.96 Å². The Morgan fingerprint density at radius 2 is 1.79 bits per heavy atom. The number of guanidine groups is 1. The van der Waals surface area contributed by atoms with Crippen LogP contribution < -0.4 is 16.0 Å². The van der Waals surface area contributed by atoms with Crippen LogP contribution in [0.2, 0.25) is 0 Å². The normalized spacial score (nSPS) is 11.2. The fraction of sp³-hybridized carbons (Fsp3) is 0.294. The monoisotopic (exact) mass is 391 g/mol. The summed E-state index contributed by atoms with van der Waals surface area (Å²) in [6, 6.07) is 11.5. The number of amides is 1. The smallest absolute Gasteiger partial charge is 0.226 e. The Labute approximate surface area is 150 Å². The van der Waals surface area contributed by atoms with E-state index in [1.54, 1.807) is 7.05 Å². The van der Waals surface area contributed by atoms with Crippen LogP contribution in [0.15, 0.2) is 58.3 Å². The molecule has 0 fully saturated rings. The van der Waals surface area contributed by atoms with Crippen LogP contribution in [0.4, 0.5) is 5.69 Å². The van der Waals surface area contributed by atoms with Gasteiger partial charge in [-0.25, -0.2) is 0 Å². The van der Waals surface area contributed by atoms with Gasteiger partial charge in [0.05, 0.1) is 0 Å². The molecule has 1 aromatic heterocycles. The van der Waals surface area contributed by atoms with Crippen LogP contribution in [-0.2, 0) is 11.3 Å². The minimum Gasteiger partial charge on any atom is -0.356 e. The summed E-state index contributed by atoms with van der Waals surface area (Å²) >= 11 is 3.37. The first-order valence-electron chi connectivity index (χ1n) is 7.78. The summed E-state index contributed by atoms with van der Waals surface area (Å²) in [5.74, 6) is 0.659. The molecule has 0 aliphatic heterocycles. The van der Waals surface area contributed by atoms with Crippen molar-refractivity contribution in [3.63, 3.8) is 0 Å². The molecule has 1 heterocycles. The highest BCUT2D eigenvalue weighted by Gasteiger charge is 2.03. The highest BCUT2D eigenvalue weighted by atomic mass is 79.9. The molecule has 1 amide bonds. The van der Waals surface area contributed by atoms with Gasteiger partial charge in [0.2, 0.25) is 5.91 Å². The van der Waals surface area contributed by atoms with E-state index in [-0.39, 0.29) is 5.91 Å². The number of nitrogens with one attached hydrogen (secondary N) is 3. The molecule has 0 aliphatic rings. The van der Waals surface area contributed by atoms with Gasteiger partial charge >= 0.3 is 0 Å². The zero-order chi connectivity index (χ0) is 17.2. The number of carbonyl (C=O) groups excluding carboxylic acids is 1. The van der Waals surface area contributed by atoms with Crippen molar-refractivity contribution in [2.45, 2.75) is 13.0 Å². The minimum absolute atomic E-state index is 0.0346. The molecule has 0 saturated carbocycles. The third-order valence-corrected chi connectivity index (χ3v) is 3.85. The second kappa shape index (κ2) is 9.77. The van der Waals surface area contributed by atoms with E-state index < -0.39 is 0 Å². The molecule has 2 rings (SSSR count). The largest absolute Gasteiger partial charge is 0.356 e. The molecule has 0 spiro atoms. The molecule has 1 aromatic carbocycles. The van der Waals surface area contributed by atoms with Gasteiger partial charge in [-0.1, -0.05) is 15.9 Å². The van der Waals surface area contributed by atoms with E-state index in [9.17, 15) is 4.79 Å². The van der Waals surface area contributed by atoms with Crippen LogP contribution >= 0.6 is 15.9 Å². The topological polar surface area (TPSA) is 70.4 Å². The zero-order valence-corrected chi connectivity index (χ0v) is 15.2. The zero-order valence-electron chi connectivity index (χ0n) is 13.6. The lowest BCUT2D eigenvalue weighted by atomic mass is 10.3. The number of rotatable bonds is 7. The molecular formula is C17H22BrN5O. The number of benzene rings is 1. The van der Waals surface area contributed by atoms with Crippen molar-refractivity contribution >= 4 is 33.5 Å². The molecule has 0 saturated heterocycles. The Morgan fingerprint density at radius 3 is 2.46 bits per heavy atom. The Balaban J connectivity index is 1.63. The Hall–Kier alpha value is -2.28. The molecule has 0 aliphatic carbocycles. The summed E-state index contributed by atoms with van der Waals surface area (Å²) in [4.78, 5) is 16.1. The van der Waals surface area contributed by atoms with Gasteiger partial charge in [0.25, 0.3) is 0 Å². The summed E-state index contributed by atoms with van der Waals surface area (Å²) < 4.78 is 3.07. The van der Waals surface area contributed by atoms with Crippen LogP contribution in [0.5, 0.6) is 0 Å². The lowest BCUT2D eigenvalue weighted by Crippen LogP contribution is -2.40. The quantitative estimate of drug-likeness (QED) is 0.501. The van der Waals surface area contributed by atoms with Gasteiger partial charge < -0.3 is 20.5 Å². The maximum atomic E-state index is 11.9. The second-order valence-electron chi connectivity index (χ2n) is 5.15.